The number of carbonyl (C=O) groups excluding carboxylic acids is 1. The largest absolute Gasteiger partial charge is 0.497 e. The van der Waals surface area contributed by atoms with Gasteiger partial charge in [-0.2, -0.15) is 0 Å². The van der Waals surface area contributed by atoms with Crippen LogP contribution in [0.3, 0.4) is 0 Å². The van der Waals surface area contributed by atoms with Gasteiger partial charge in [0, 0.05) is 12.6 Å². The molecule has 0 atom stereocenters. The van der Waals surface area contributed by atoms with Gasteiger partial charge in [-0.15, -0.1) is 0 Å². The molecule has 0 aromatic heterocycles. The number of benzene rings is 2. The van der Waals surface area contributed by atoms with Gasteiger partial charge in [0.15, 0.2) is 0 Å². The predicted molar refractivity (Wildman–Crippen MR) is 93.4 cm³/mol. The van der Waals surface area contributed by atoms with E-state index in [0.29, 0.717) is 16.1 Å². The number of sulfonamides is 1. The summed E-state index contributed by atoms with van der Waals surface area (Å²) in [6.45, 7) is -0.468. The van der Waals surface area contributed by atoms with Crippen molar-refractivity contribution >= 4 is 21.6 Å². The molecule has 26 heavy (non-hydrogen) atoms. The van der Waals surface area contributed by atoms with Crippen molar-refractivity contribution in [2.75, 3.05) is 24.2 Å². The number of carbonyl (C=O) groups is 1. The average Bonchev–Trinajstić information content (AvgIpc) is 2.58. The Morgan fingerprint density at radius 1 is 1.15 bits per heavy atom. The third-order valence-electron chi connectivity index (χ3n) is 3.51. The van der Waals surface area contributed by atoms with Gasteiger partial charge in [0.1, 0.15) is 23.9 Å². The van der Waals surface area contributed by atoms with Gasteiger partial charge in [-0.3, -0.25) is 9.10 Å². The number of nitrogens with zero attached hydrogens (tertiary/aromatic N) is 1. The van der Waals surface area contributed by atoms with E-state index in [1.54, 1.807) is 24.3 Å². The first-order valence-corrected chi connectivity index (χ1v) is 9.38. The lowest BCUT2D eigenvalue weighted by molar-refractivity contribution is -0.119. The fourth-order valence-electron chi connectivity index (χ4n) is 2.19. The van der Waals surface area contributed by atoms with Gasteiger partial charge in [0.25, 0.3) is 0 Å². The number of rotatable bonds is 7. The Morgan fingerprint density at radius 2 is 1.81 bits per heavy atom. The summed E-state index contributed by atoms with van der Waals surface area (Å²) in [7, 11) is -2.41. The zero-order valence-electron chi connectivity index (χ0n) is 14.2. The molecule has 0 aliphatic heterocycles. The minimum Gasteiger partial charge on any atom is -0.497 e. The highest BCUT2D eigenvalue weighted by atomic mass is 32.2. The number of hydrogen-bond acceptors (Lipinski definition) is 4. The molecule has 2 aromatic rings. The standard InChI is InChI=1S/C17H18F2N2O4S/c1-25-14-6-3-12(4-7-14)10-20-17(22)11-21(26(2,23)24)16-8-5-13(18)9-15(16)19/h3-9H,10-11H2,1-2H3,(H,20,22). The van der Waals surface area contributed by atoms with Crippen LogP contribution in [0, 0.1) is 11.6 Å². The first kappa shape index (κ1) is 19.6. The lowest BCUT2D eigenvalue weighted by atomic mass is 10.2. The summed E-state index contributed by atoms with van der Waals surface area (Å²) in [5.41, 5.74) is 0.381. The quantitative estimate of drug-likeness (QED) is 0.793. The van der Waals surface area contributed by atoms with E-state index in [4.69, 9.17) is 4.74 Å². The Bertz CT molecular complexity index is 886. The molecule has 0 saturated carbocycles. The van der Waals surface area contributed by atoms with Crippen molar-refractivity contribution in [2.45, 2.75) is 6.54 Å². The molecule has 0 aliphatic rings. The first-order chi connectivity index (χ1) is 12.2. The van der Waals surface area contributed by atoms with E-state index in [-0.39, 0.29) is 6.54 Å². The molecule has 2 rings (SSSR count). The van der Waals surface area contributed by atoms with E-state index in [0.717, 1.165) is 24.0 Å². The van der Waals surface area contributed by atoms with Crippen LogP contribution in [-0.2, 0) is 21.4 Å². The lowest BCUT2D eigenvalue weighted by Gasteiger charge is -2.22. The van der Waals surface area contributed by atoms with Crippen molar-refractivity contribution in [1.82, 2.24) is 5.32 Å². The zero-order chi connectivity index (χ0) is 19.3. The average molecular weight is 384 g/mol. The summed E-state index contributed by atoms with van der Waals surface area (Å²) >= 11 is 0. The van der Waals surface area contributed by atoms with E-state index in [9.17, 15) is 22.0 Å². The Labute approximate surface area is 150 Å². The molecular formula is C17H18F2N2O4S. The predicted octanol–water partition coefficient (Wildman–Crippen LogP) is 2.06. The van der Waals surface area contributed by atoms with E-state index >= 15 is 0 Å². The van der Waals surface area contributed by atoms with Crippen LogP contribution in [-0.4, -0.2) is 34.2 Å². The molecule has 0 heterocycles. The van der Waals surface area contributed by atoms with Crippen molar-refractivity contribution in [3.63, 3.8) is 0 Å². The van der Waals surface area contributed by atoms with Crippen LogP contribution in [0.5, 0.6) is 5.75 Å². The SMILES string of the molecule is COc1ccc(CNC(=O)CN(c2ccc(F)cc2F)S(C)(=O)=O)cc1. The third-order valence-corrected chi connectivity index (χ3v) is 4.64. The Balaban J connectivity index is 2.09. The topological polar surface area (TPSA) is 75.7 Å². The number of halogens is 2. The van der Waals surface area contributed by atoms with E-state index in [2.05, 4.69) is 5.32 Å². The molecule has 0 fully saturated rings. The van der Waals surface area contributed by atoms with Crippen molar-refractivity contribution in [3.8, 4) is 5.75 Å². The molecule has 9 heteroatoms. The van der Waals surface area contributed by atoms with Gasteiger partial charge < -0.3 is 10.1 Å². The number of ether oxygens (including phenoxy) is 1. The second-order valence-corrected chi connectivity index (χ2v) is 7.40. The fourth-order valence-corrected chi connectivity index (χ4v) is 3.05. The highest BCUT2D eigenvalue weighted by molar-refractivity contribution is 7.92. The lowest BCUT2D eigenvalue weighted by Crippen LogP contribution is -2.40. The molecule has 0 radical (unpaired) electrons. The Kier molecular flexibility index (Phi) is 6.14. The summed E-state index contributed by atoms with van der Waals surface area (Å²) in [6, 6.07) is 9.38. The highest BCUT2D eigenvalue weighted by Crippen LogP contribution is 2.22. The molecule has 0 saturated heterocycles. The summed E-state index contributed by atoms with van der Waals surface area (Å²) < 4.78 is 56.4. The minimum absolute atomic E-state index is 0.159. The maximum absolute atomic E-state index is 13.9. The van der Waals surface area contributed by atoms with Crippen LogP contribution >= 0.6 is 0 Å². The summed E-state index contributed by atoms with van der Waals surface area (Å²) in [6.07, 6.45) is 0.840. The van der Waals surface area contributed by atoms with E-state index in [1.807, 2.05) is 0 Å². The normalized spacial score (nSPS) is 11.1. The van der Waals surface area contributed by atoms with Crippen LogP contribution in [0.1, 0.15) is 5.56 Å². The number of methoxy groups -OCH3 is 1. The van der Waals surface area contributed by atoms with Gasteiger partial charge in [-0.25, -0.2) is 17.2 Å². The highest BCUT2D eigenvalue weighted by Gasteiger charge is 2.23. The Morgan fingerprint density at radius 3 is 2.35 bits per heavy atom. The monoisotopic (exact) mass is 384 g/mol. The minimum atomic E-state index is -3.95. The molecule has 2 aromatic carbocycles. The van der Waals surface area contributed by atoms with E-state index < -0.39 is 39.8 Å². The Hall–Kier alpha value is -2.68. The molecule has 140 valence electrons. The smallest absolute Gasteiger partial charge is 0.241 e. The number of anilines is 1. The molecule has 1 amide bonds. The van der Waals surface area contributed by atoms with Crippen LogP contribution < -0.4 is 14.4 Å². The van der Waals surface area contributed by atoms with Gasteiger partial charge in [-0.05, 0) is 29.8 Å². The van der Waals surface area contributed by atoms with Crippen molar-refractivity contribution in [1.29, 1.82) is 0 Å². The first-order valence-electron chi connectivity index (χ1n) is 7.53. The van der Waals surface area contributed by atoms with Gasteiger partial charge in [0.2, 0.25) is 15.9 Å². The second kappa shape index (κ2) is 8.13. The number of amides is 1. The van der Waals surface area contributed by atoms with Crippen molar-refractivity contribution in [3.05, 3.63) is 59.7 Å². The van der Waals surface area contributed by atoms with Crippen LogP contribution in [0.2, 0.25) is 0 Å². The molecule has 0 unspecified atom stereocenters. The van der Waals surface area contributed by atoms with Crippen molar-refractivity contribution in [2.24, 2.45) is 0 Å². The van der Waals surface area contributed by atoms with Gasteiger partial charge in [0.05, 0.1) is 19.1 Å². The molecule has 6 nitrogen and oxygen atoms in total. The molecular weight excluding hydrogens is 366 g/mol. The maximum Gasteiger partial charge on any atom is 0.241 e. The van der Waals surface area contributed by atoms with Gasteiger partial charge in [-0.1, -0.05) is 12.1 Å². The molecule has 0 bridgehead atoms. The van der Waals surface area contributed by atoms with Crippen LogP contribution in [0.25, 0.3) is 0 Å². The molecule has 0 spiro atoms. The number of nitrogens with one attached hydrogen (secondary N) is 1. The van der Waals surface area contributed by atoms with Crippen LogP contribution in [0.15, 0.2) is 42.5 Å². The summed E-state index contributed by atoms with van der Waals surface area (Å²) in [4.78, 5) is 12.1. The summed E-state index contributed by atoms with van der Waals surface area (Å²) in [5, 5.41) is 2.56. The summed E-state index contributed by atoms with van der Waals surface area (Å²) in [5.74, 6) is -1.88. The molecule has 0 aliphatic carbocycles. The zero-order valence-corrected chi connectivity index (χ0v) is 15.0. The maximum atomic E-state index is 13.9. The van der Waals surface area contributed by atoms with Gasteiger partial charge >= 0.3 is 0 Å². The third kappa shape index (κ3) is 5.16. The molecule has 1 N–H and O–H groups in total. The number of hydrogen-bond donors (Lipinski definition) is 1. The fraction of sp³-hybridized carbons (Fsp3) is 0.235. The second-order valence-electron chi connectivity index (χ2n) is 5.49. The van der Waals surface area contributed by atoms with E-state index in [1.165, 1.54) is 7.11 Å². The van der Waals surface area contributed by atoms with Crippen LogP contribution in [0.4, 0.5) is 14.5 Å². The van der Waals surface area contributed by atoms with Crippen molar-refractivity contribution < 1.29 is 26.7 Å².